The molecule has 0 unspecified atom stereocenters. The summed E-state index contributed by atoms with van der Waals surface area (Å²) >= 11 is 0. The van der Waals surface area contributed by atoms with Gasteiger partial charge in [0.2, 0.25) is 0 Å². The van der Waals surface area contributed by atoms with Gasteiger partial charge in [-0.1, -0.05) is 6.07 Å². The van der Waals surface area contributed by atoms with E-state index in [1.165, 1.54) is 0 Å². The maximum atomic E-state index is 12.6. The highest BCUT2D eigenvalue weighted by atomic mass is 16.1. The number of nitrogens with zero attached hydrogens (tertiary/aromatic N) is 3. The van der Waals surface area contributed by atoms with E-state index in [1.54, 1.807) is 6.07 Å². The van der Waals surface area contributed by atoms with Crippen molar-refractivity contribution >= 4 is 22.5 Å². The minimum Gasteiger partial charge on any atom is -0.361 e. The van der Waals surface area contributed by atoms with Crippen molar-refractivity contribution in [2.45, 2.75) is 13.8 Å². The molecule has 126 valence electrons. The lowest BCUT2D eigenvalue weighted by Crippen LogP contribution is -2.12. The van der Waals surface area contributed by atoms with Crippen molar-refractivity contribution in [3.8, 4) is 11.3 Å². The van der Waals surface area contributed by atoms with Crippen molar-refractivity contribution < 1.29 is 4.79 Å². The molecule has 3 aromatic heterocycles. The van der Waals surface area contributed by atoms with Gasteiger partial charge < -0.3 is 10.3 Å². The van der Waals surface area contributed by atoms with Crippen LogP contribution in [0.5, 0.6) is 0 Å². The number of aromatic nitrogens is 5. The molecule has 0 fully saturated rings. The van der Waals surface area contributed by atoms with E-state index in [1.807, 2.05) is 56.0 Å². The number of benzene rings is 1. The van der Waals surface area contributed by atoms with Crippen LogP contribution in [0.4, 0.5) is 5.69 Å². The van der Waals surface area contributed by atoms with Crippen LogP contribution in [-0.4, -0.2) is 30.9 Å². The van der Waals surface area contributed by atoms with Gasteiger partial charge in [0.05, 0.1) is 17.1 Å². The minimum absolute atomic E-state index is 0.230. The van der Waals surface area contributed by atoms with E-state index >= 15 is 0 Å². The lowest BCUT2D eigenvalue weighted by atomic mass is 10.1. The number of rotatable bonds is 3. The number of aromatic amines is 2. The van der Waals surface area contributed by atoms with Crippen LogP contribution in [0, 0.1) is 13.8 Å². The minimum atomic E-state index is -0.230. The van der Waals surface area contributed by atoms with Crippen LogP contribution in [0.1, 0.15) is 21.9 Å². The van der Waals surface area contributed by atoms with E-state index in [-0.39, 0.29) is 5.91 Å². The Bertz CT molecular complexity index is 1080. The van der Waals surface area contributed by atoms with Crippen molar-refractivity contribution in [2.75, 3.05) is 5.32 Å². The van der Waals surface area contributed by atoms with E-state index in [4.69, 9.17) is 0 Å². The first-order valence-electron chi connectivity index (χ1n) is 7.98. The molecule has 0 aliphatic rings. The average molecular weight is 334 g/mol. The van der Waals surface area contributed by atoms with E-state index in [0.29, 0.717) is 11.4 Å². The van der Waals surface area contributed by atoms with Crippen LogP contribution in [0.15, 0.2) is 36.5 Å². The Morgan fingerprint density at radius 3 is 2.84 bits per heavy atom. The molecule has 1 amide bonds. The third-order valence-electron chi connectivity index (χ3n) is 4.43. The third-order valence-corrected chi connectivity index (χ3v) is 4.43. The number of H-pyrrole nitrogens is 2. The van der Waals surface area contributed by atoms with Crippen molar-refractivity contribution in [3.05, 3.63) is 53.6 Å². The summed E-state index contributed by atoms with van der Waals surface area (Å²) < 4.78 is 1.81. The van der Waals surface area contributed by atoms with Crippen molar-refractivity contribution in [3.63, 3.8) is 0 Å². The van der Waals surface area contributed by atoms with Crippen LogP contribution in [0.2, 0.25) is 0 Å². The monoisotopic (exact) mass is 334 g/mol. The topological polar surface area (TPSA) is 91.4 Å². The smallest absolute Gasteiger partial charge is 0.273 e. The van der Waals surface area contributed by atoms with Crippen LogP contribution in [0.25, 0.3) is 22.2 Å². The number of carbonyl (C=O) groups is 1. The second-order valence-electron chi connectivity index (χ2n) is 6.03. The van der Waals surface area contributed by atoms with E-state index in [0.717, 1.165) is 33.5 Å². The summed E-state index contributed by atoms with van der Waals surface area (Å²) in [5, 5.41) is 15.4. The molecule has 4 rings (SSSR count). The van der Waals surface area contributed by atoms with Gasteiger partial charge in [-0.3, -0.25) is 14.6 Å². The van der Waals surface area contributed by atoms with E-state index in [2.05, 4.69) is 25.6 Å². The summed E-state index contributed by atoms with van der Waals surface area (Å²) in [6.45, 7) is 3.92. The molecular weight excluding hydrogens is 316 g/mol. The molecule has 3 N–H and O–H groups in total. The van der Waals surface area contributed by atoms with Gasteiger partial charge in [0.1, 0.15) is 5.69 Å². The number of hydrogen-bond acceptors (Lipinski definition) is 3. The fourth-order valence-corrected chi connectivity index (χ4v) is 3.09. The summed E-state index contributed by atoms with van der Waals surface area (Å²) in [6, 6.07) is 9.43. The lowest BCUT2D eigenvalue weighted by Gasteiger charge is -2.04. The fraction of sp³-hybridized carbons (Fsp3) is 0.167. The predicted octanol–water partition coefficient (Wildman–Crippen LogP) is 3.16. The highest BCUT2D eigenvalue weighted by Crippen LogP contribution is 2.26. The standard InChI is InChI=1S/C18H18N6O/c1-10-17(11(2)24(3)23-10)15-9-16(22-21-15)18(25)20-14-6-4-5-13-12(14)7-8-19-13/h4-9,19H,1-3H3,(H,20,25)(H,21,22). The quantitative estimate of drug-likeness (QED) is 0.537. The largest absolute Gasteiger partial charge is 0.361 e. The Morgan fingerprint density at radius 1 is 1.24 bits per heavy atom. The Labute approximate surface area is 144 Å². The fourth-order valence-electron chi connectivity index (χ4n) is 3.09. The number of nitrogens with one attached hydrogen (secondary N) is 3. The molecule has 0 aliphatic carbocycles. The second-order valence-corrected chi connectivity index (χ2v) is 6.03. The molecule has 0 aliphatic heterocycles. The van der Waals surface area contributed by atoms with Crippen LogP contribution < -0.4 is 5.32 Å². The average Bonchev–Trinajstić information content (AvgIpc) is 3.28. The maximum Gasteiger partial charge on any atom is 0.273 e. The van der Waals surface area contributed by atoms with E-state index < -0.39 is 0 Å². The zero-order chi connectivity index (χ0) is 17.6. The molecule has 0 bridgehead atoms. The zero-order valence-corrected chi connectivity index (χ0v) is 14.2. The van der Waals surface area contributed by atoms with Gasteiger partial charge in [0.15, 0.2) is 0 Å². The molecular formula is C18H18N6O. The van der Waals surface area contributed by atoms with E-state index in [9.17, 15) is 4.79 Å². The third kappa shape index (κ3) is 2.50. The molecule has 7 heteroatoms. The van der Waals surface area contributed by atoms with Gasteiger partial charge in [0, 0.05) is 35.4 Å². The molecule has 0 atom stereocenters. The first-order valence-corrected chi connectivity index (χ1v) is 7.98. The van der Waals surface area contributed by atoms with Crippen LogP contribution in [-0.2, 0) is 7.05 Å². The Morgan fingerprint density at radius 2 is 2.08 bits per heavy atom. The zero-order valence-electron chi connectivity index (χ0n) is 14.2. The number of carbonyl (C=O) groups excluding carboxylic acids is 1. The Hall–Kier alpha value is -3.35. The molecule has 0 saturated carbocycles. The highest BCUT2D eigenvalue weighted by molar-refractivity contribution is 6.08. The summed E-state index contributed by atoms with van der Waals surface area (Å²) in [6.07, 6.45) is 1.85. The SMILES string of the molecule is Cc1nn(C)c(C)c1-c1cc(C(=O)Nc2cccc3[nH]ccc23)[nH]n1. The Balaban J connectivity index is 1.64. The van der Waals surface area contributed by atoms with Crippen LogP contribution in [0.3, 0.4) is 0 Å². The van der Waals surface area contributed by atoms with Crippen molar-refractivity contribution in [1.82, 2.24) is 25.0 Å². The van der Waals surface area contributed by atoms with Crippen molar-refractivity contribution in [1.29, 1.82) is 0 Å². The molecule has 7 nitrogen and oxygen atoms in total. The van der Waals surface area contributed by atoms with Gasteiger partial charge in [-0.05, 0) is 38.1 Å². The molecule has 4 aromatic rings. The summed E-state index contributed by atoms with van der Waals surface area (Å²) in [4.78, 5) is 15.7. The van der Waals surface area contributed by atoms with Crippen molar-refractivity contribution in [2.24, 2.45) is 7.05 Å². The Kier molecular flexibility index (Phi) is 3.42. The molecule has 3 heterocycles. The highest BCUT2D eigenvalue weighted by Gasteiger charge is 2.17. The number of amides is 1. The number of anilines is 1. The van der Waals surface area contributed by atoms with Crippen LogP contribution >= 0.6 is 0 Å². The number of aryl methyl sites for hydroxylation is 2. The second kappa shape index (κ2) is 5.62. The molecule has 0 radical (unpaired) electrons. The first kappa shape index (κ1) is 15.2. The molecule has 25 heavy (non-hydrogen) atoms. The lowest BCUT2D eigenvalue weighted by molar-refractivity contribution is 0.102. The maximum absolute atomic E-state index is 12.6. The predicted molar refractivity (Wildman–Crippen MR) is 96.5 cm³/mol. The molecule has 0 saturated heterocycles. The van der Waals surface area contributed by atoms with Gasteiger partial charge >= 0.3 is 0 Å². The summed E-state index contributed by atoms with van der Waals surface area (Å²) in [7, 11) is 1.89. The first-order chi connectivity index (χ1) is 12.0. The number of hydrogen-bond donors (Lipinski definition) is 3. The van der Waals surface area contributed by atoms with Gasteiger partial charge in [0.25, 0.3) is 5.91 Å². The summed E-state index contributed by atoms with van der Waals surface area (Å²) in [5.74, 6) is -0.230. The molecule has 0 spiro atoms. The number of fused-ring (bicyclic) bond motifs is 1. The molecule has 1 aromatic carbocycles. The van der Waals surface area contributed by atoms with Gasteiger partial charge in [-0.15, -0.1) is 0 Å². The van der Waals surface area contributed by atoms with Gasteiger partial charge in [-0.2, -0.15) is 10.2 Å². The van der Waals surface area contributed by atoms with Gasteiger partial charge in [-0.25, -0.2) is 0 Å². The summed E-state index contributed by atoms with van der Waals surface area (Å²) in [5.41, 5.74) is 5.70. The normalized spacial score (nSPS) is 11.2.